The van der Waals surface area contributed by atoms with Crippen molar-refractivity contribution in [1.29, 1.82) is 0 Å². The summed E-state index contributed by atoms with van der Waals surface area (Å²) in [5, 5.41) is 15.4. The van der Waals surface area contributed by atoms with Gasteiger partial charge in [0.15, 0.2) is 0 Å². The van der Waals surface area contributed by atoms with E-state index < -0.39 is 17.9 Å². The minimum absolute atomic E-state index is 0.158. The molecule has 0 fully saturated rings. The summed E-state index contributed by atoms with van der Waals surface area (Å²) < 4.78 is 6.90. The average molecular weight is 366 g/mol. The molecule has 0 aliphatic rings. The Morgan fingerprint density at radius 1 is 1.32 bits per heavy atom. The van der Waals surface area contributed by atoms with Gasteiger partial charge in [0.2, 0.25) is 0 Å². The molecule has 0 aliphatic carbocycles. The number of hydrogen-bond donors (Lipinski definition) is 3. The van der Waals surface area contributed by atoms with Crippen molar-refractivity contribution in [2.75, 3.05) is 19.0 Å². The third-order valence-electron chi connectivity index (χ3n) is 3.64. The van der Waals surface area contributed by atoms with Crippen LogP contribution in [-0.2, 0) is 16.6 Å². The smallest absolute Gasteiger partial charge is 0.313 e. The molecule has 0 spiro atoms. The van der Waals surface area contributed by atoms with Gasteiger partial charge in [0.1, 0.15) is 5.75 Å². The van der Waals surface area contributed by atoms with Crippen molar-refractivity contribution >= 4 is 29.1 Å². The molecular formula is C17H20ClN3O4. The van der Waals surface area contributed by atoms with Crippen molar-refractivity contribution < 1.29 is 19.4 Å². The lowest BCUT2D eigenvalue weighted by Crippen LogP contribution is -2.36. The predicted molar refractivity (Wildman–Crippen MR) is 94.6 cm³/mol. The van der Waals surface area contributed by atoms with Gasteiger partial charge in [-0.3, -0.25) is 9.59 Å². The lowest BCUT2D eigenvalue weighted by molar-refractivity contribution is -0.136. The van der Waals surface area contributed by atoms with Crippen LogP contribution in [0, 0.1) is 0 Å². The van der Waals surface area contributed by atoms with Crippen molar-refractivity contribution in [1.82, 2.24) is 9.88 Å². The van der Waals surface area contributed by atoms with E-state index in [1.165, 1.54) is 13.2 Å². The number of ether oxygens (including phenoxy) is 1. The predicted octanol–water partition coefficient (Wildman–Crippen LogP) is 1.87. The van der Waals surface area contributed by atoms with Crippen LogP contribution in [0.25, 0.3) is 0 Å². The quantitative estimate of drug-likeness (QED) is 0.681. The first kappa shape index (κ1) is 18.8. The summed E-state index contributed by atoms with van der Waals surface area (Å²) in [7, 11) is 3.27. The summed E-state index contributed by atoms with van der Waals surface area (Å²) in [6.07, 6.45) is 1.39. The normalized spacial score (nSPS) is 11.7. The summed E-state index contributed by atoms with van der Waals surface area (Å²) in [4.78, 5) is 23.8. The van der Waals surface area contributed by atoms with Crippen LogP contribution in [0.2, 0.25) is 5.02 Å². The number of methoxy groups -OCH3 is 1. The molecular weight excluding hydrogens is 346 g/mol. The van der Waals surface area contributed by atoms with E-state index in [1.807, 2.05) is 19.3 Å². The highest BCUT2D eigenvalue weighted by molar-refractivity contribution is 6.40. The number of aryl methyl sites for hydroxylation is 1. The van der Waals surface area contributed by atoms with Crippen LogP contribution < -0.4 is 15.4 Å². The molecule has 2 aromatic rings. The van der Waals surface area contributed by atoms with Gasteiger partial charge < -0.3 is 25.0 Å². The number of anilines is 1. The molecule has 0 radical (unpaired) electrons. The number of nitrogens with one attached hydrogen (secondary N) is 2. The van der Waals surface area contributed by atoms with Crippen LogP contribution in [0.15, 0.2) is 36.5 Å². The summed E-state index contributed by atoms with van der Waals surface area (Å²) in [5.41, 5.74) is 1.04. The third kappa shape index (κ3) is 4.98. The minimum atomic E-state index is -0.839. The Morgan fingerprint density at radius 2 is 2.08 bits per heavy atom. The molecule has 0 saturated carbocycles. The molecule has 0 aliphatic heterocycles. The maximum Gasteiger partial charge on any atom is 0.313 e. The fourth-order valence-electron chi connectivity index (χ4n) is 2.33. The lowest BCUT2D eigenvalue weighted by Gasteiger charge is -2.13. The van der Waals surface area contributed by atoms with Gasteiger partial charge in [-0.25, -0.2) is 0 Å². The molecule has 25 heavy (non-hydrogen) atoms. The number of nitrogens with zero attached hydrogens (tertiary/aromatic N) is 1. The van der Waals surface area contributed by atoms with Crippen LogP contribution in [0.4, 0.5) is 5.69 Å². The molecule has 8 heteroatoms. The monoisotopic (exact) mass is 365 g/mol. The molecule has 3 N–H and O–H groups in total. The van der Waals surface area contributed by atoms with Gasteiger partial charge in [0.25, 0.3) is 0 Å². The molecule has 1 aromatic heterocycles. The highest BCUT2D eigenvalue weighted by Crippen LogP contribution is 2.27. The number of aromatic nitrogens is 1. The maximum atomic E-state index is 12.0. The molecule has 0 saturated heterocycles. The Kier molecular flexibility index (Phi) is 6.44. The zero-order valence-corrected chi connectivity index (χ0v) is 14.7. The Hall–Kier alpha value is -2.51. The SMILES string of the molecule is COc1ccc(Cl)cc1NC(=O)C(=O)NCCC(O)c1cccn1C. The van der Waals surface area contributed by atoms with Crippen molar-refractivity contribution in [3.05, 3.63) is 47.2 Å². The highest BCUT2D eigenvalue weighted by Gasteiger charge is 2.17. The van der Waals surface area contributed by atoms with Crippen LogP contribution in [0.1, 0.15) is 18.2 Å². The van der Waals surface area contributed by atoms with Gasteiger partial charge in [-0.2, -0.15) is 0 Å². The standard InChI is InChI=1S/C17H20ClN3O4/c1-21-9-3-4-13(21)14(22)7-8-19-16(23)17(24)20-12-10-11(18)5-6-15(12)25-2/h3-6,9-10,14,22H,7-8H2,1-2H3,(H,19,23)(H,20,24). The van der Waals surface area contributed by atoms with Crippen molar-refractivity contribution in [3.8, 4) is 5.75 Å². The number of aliphatic hydroxyl groups is 1. The summed E-state index contributed by atoms with van der Waals surface area (Å²) in [5.74, 6) is -1.25. The summed E-state index contributed by atoms with van der Waals surface area (Å²) in [6, 6.07) is 8.31. The first-order valence-corrected chi connectivity index (χ1v) is 8.02. The van der Waals surface area contributed by atoms with Crippen LogP contribution >= 0.6 is 11.6 Å². The van der Waals surface area contributed by atoms with Crippen LogP contribution in [0.3, 0.4) is 0 Å². The molecule has 1 heterocycles. The second-order valence-electron chi connectivity index (χ2n) is 5.40. The minimum Gasteiger partial charge on any atom is -0.495 e. The first-order valence-electron chi connectivity index (χ1n) is 7.64. The molecule has 2 rings (SSSR count). The Labute approximate surface area is 150 Å². The van der Waals surface area contributed by atoms with E-state index in [1.54, 1.807) is 22.8 Å². The maximum absolute atomic E-state index is 12.0. The Balaban J connectivity index is 1.86. The van der Waals surface area contributed by atoms with E-state index >= 15 is 0 Å². The molecule has 7 nitrogen and oxygen atoms in total. The van der Waals surface area contributed by atoms with E-state index in [0.29, 0.717) is 16.5 Å². The van der Waals surface area contributed by atoms with E-state index in [4.69, 9.17) is 16.3 Å². The lowest BCUT2D eigenvalue weighted by atomic mass is 10.2. The third-order valence-corrected chi connectivity index (χ3v) is 3.88. The van der Waals surface area contributed by atoms with Gasteiger partial charge in [0.05, 0.1) is 18.9 Å². The number of amides is 2. The molecule has 1 atom stereocenters. The van der Waals surface area contributed by atoms with Crippen LogP contribution in [0.5, 0.6) is 5.75 Å². The highest BCUT2D eigenvalue weighted by atomic mass is 35.5. The number of benzene rings is 1. The molecule has 1 unspecified atom stereocenters. The largest absolute Gasteiger partial charge is 0.495 e. The van der Waals surface area contributed by atoms with Gasteiger partial charge in [0, 0.05) is 30.5 Å². The van der Waals surface area contributed by atoms with Crippen molar-refractivity contribution in [3.63, 3.8) is 0 Å². The number of carbonyl (C=O) groups excluding carboxylic acids is 2. The first-order chi connectivity index (χ1) is 11.9. The van der Waals surface area contributed by atoms with Crippen molar-refractivity contribution in [2.45, 2.75) is 12.5 Å². The van der Waals surface area contributed by atoms with E-state index in [0.717, 1.165) is 5.69 Å². The van der Waals surface area contributed by atoms with Gasteiger partial charge in [-0.05, 0) is 36.8 Å². The summed E-state index contributed by atoms with van der Waals surface area (Å²) >= 11 is 5.88. The van der Waals surface area contributed by atoms with Gasteiger partial charge in [-0.1, -0.05) is 11.6 Å². The average Bonchev–Trinajstić information content (AvgIpc) is 3.01. The molecule has 2 amide bonds. The van der Waals surface area contributed by atoms with E-state index in [-0.39, 0.29) is 13.0 Å². The Morgan fingerprint density at radius 3 is 2.72 bits per heavy atom. The number of halogens is 1. The van der Waals surface area contributed by atoms with E-state index in [9.17, 15) is 14.7 Å². The fourth-order valence-corrected chi connectivity index (χ4v) is 2.50. The molecule has 0 bridgehead atoms. The number of hydrogen-bond acceptors (Lipinski definition) is 4. The molecule has 1 aromatic carbocycles. The number of aliphatic hydroxyl groups excluding tert-OH is 1. The van der Waals surface area contributed by atoms with E-state index in [2.05, 4.69) is 10.6 Å². The molecule has 134 valence electrons. The van der Waals surface area contributed by atoms with Crippen molar-refractivity contribution in [2.24, 2.45) is 7.05 Å². The summed E-state index contributed by atoms with van der Waals surface area (Å²) in [6.45, 7) is 0.158. The number of rotatable bonds is 6. The second-order valence-corrected chi connectivity index (χ2v) is 5.84. The Bertz CT molecular complexity index is 760. The van der Waals surface area contributed by atoms with Crippen LogP contribution in [-0.4, -0.2) is 35.1 Å². The van der Waals surface area contributed by atoms with Gasteiger partial charge in [-0.15, -0.1) is 0 Å². The second kappa shape index (κ2) is 8.55. The number of carbonyl (C=O) groups is 2. The van der Waals surface area contributed by atoms with Gasteiger partial charge >= 0.3 is 11.8 Å². The topological polar surface area (TPSA) is 92.6 Å². The zero-order valence-electron chi connectivity index (χ0n) is 14.0. The fraction of sp³-hybridized carbons (Fsp3) is 0.294. The zero-order chi connectivity index (χ0) is 18.4.